The van der Waals surface area contributed by atoms with E-state index in [0.717, 1.165) is 4.31 Å². The molecular formula is C17H18ClF4N3O4S. The Balaban J connectivity index is 1.72. The number of halogens is 5. The fourth-order valence-corrected chi connectivity index (χ4v) is 4.99. The van der Waals surface area contributed by atoms with Gasteiger partial charge in [0.2, 0.25) is 21.7 Å². The number of hydrogen-bond acceptors (Lipinski definition) is 5. The number of sulfonamides is 1. The topological polar surface area (TPSA) is 90.3 Å². The highest BCUT2D eigenvalue weighted by molar-refractivity contribution is 7.89. The Labute approximate surface area is 175 Å². The average molecular weight is 472 g/mol. The van der Waals surface area contributed by atoms with Crippen molar-refractivity contribution in [2.75, 3.05) is 13.1 Å². The number of benzene rings is 1. The highest BCUT2D eigenvalue weighted by Gasteiger charge is 2.54. The zero-order chi connectivity index (χ0) is 22.3. The third-order valence-electron chi connectivity index (χ3n) is 5.10. The molecule has 7 nitrogen and oxygen atoms in total. The number of carbonyl (C=O) groups excluding carboxylic acids is 1. The number of piperidine rings is 1. The molecule has 0 unspecified atom stereocenters. The number of hydrogen-bond donors (Lipinski definition) is 1. The van der Waals surface area contributed by atoms with Crippen molar-refractivity contribution in [3.63, 3.8) is 0 Å². The van der Waals surface area contributed by atoms with Crippen molar-refractivity contribution in [3.8, 4) is 0 Å². The van der Waals surface area contributed by atoms with Crippen molar-refractivity contribution < 1.29 is 35.9 Å². The first kappa shape index (κ1) is 22.9. The molecule has 1 aromatic rings. The van der Waals surface area contributed by atoms with Gasteiger partial charge in [-0.3, -0.25) is 4.79 Å². The Morgan fingerprint density at radius 3 is 2.23 bits per heavy atom. The number of carbonyl (C=O) groups is 1. The second kappa shape index (κ2) is 8.40. The Bertz CT molecular complexity index is 937. The molecule has 1 amide bonds. The third-order valence-corrected chi connectivity index (χ3v) is 7.27. The molecule has 3 rings (SSSR count). The lowest BCUT2D eigenvalue weighted by Crippen LogP contribution is -2.54. The van der Waals surface area contributed by atoms with Crippen LogP contribution < -0.4 is 0 Å². The number of hydrazone groups is 1. The van der Waals surface area contributed by atoms with E-state index in [1.54, 1.807) is 0 Å². The van der Waals surface area contributed by atoms with Crippen LogP contribution in [0.15, 0.2) is 34.3 Å². The van der Waals surface area contributed by atoms with E-state index in [0.29, 0.717) is 5.02 Å². The third kappa shape index (κ3) is 4.18. The molecule has 1 atom stereocenters. The summed E-state index contributed by atoms with van der Waals surface area (Å²) in [5, 5.41) is 13.7. The highest BCUT2D eigenvalue weighted by atomic mass is 35.5. The van der Waals surface area contributed by atoms with Gasteiger partial charge in [-0.2, -0.15) is 14.4 Å². The number of aliphatic hydroxyl groups is 1. The predicted molar refractivity (Wildman–Crippen MR) is 98.8 cm³/mol. The van der Waals surface area contributed by atoms with Crippen LogP contribution in [0.2, 0.25) is 5.02 Å². The summed E-state index contributed by atoms with van der Waals surface area (Å²) in [5.74, 6) is -2.00. The van der Waals surface area contributed by atoms with Crippen molar-refractivity contribution in [3.05, 3.63) is 29.3 Å². The van der Waals surface area contributed by atoms with Crippen molar-refractivity contribution >= 4 is 33.2 Å². The van der Waals surface area contributed by atoms with Crippen molar-refractivity contribution in [1.29, 1.82) is 0 Å². The maximum Gasteiger partial charge on any atom is 0.287 e. The van der Waals surface area contributed by atoms with Crippen LogP contribution in [0, 0.1) is 5.92 Å². The second-order valence-electron chi connectivity index (χ2n) is 7.03. The largest absolute Gasteiger partial charge is 0.364 e. The normalized spacial score (nSPS) is 24.0. The zero-order valence-electron chi connectivity index (χ0n) is 15.4. The van der Waals surface area contributed by atoms with Gasteiger partial charge in [-0.25, -0.2) is 26.0 Å². The molecule has 1 fully saturated rings. The number of alkyl halides is 4. The van der Waals surface area contributed by atoms with Gasteiger partial charge in [0.05, 0.1) is 4.90 Å². The van der Waals surface area contributed by atoms with Gasteiger partial charge >= 0.3 is 0 Å². The van der Waals surface area contributed by atoms with Gasteiger partial charge in [-0.05, 0) is 37.1 Å². The SMILES string of the molecule is O=C(C1CCN(S(=O)(=O)c2ccc(Cl)cc2)CC1)N1N=C(C(F)F)C[C@@]1(O)C(F)F. The Morgan fingerprint density at radius 2 is 1.73 bits per heavy atom. The molecule has 0 radical (unpaired) electrons. The molecule has 0 saturated carbocycles. The van der Waals surface area contributed by atoms with Crippen molar-refractivity contribution in [2.24, 2.45) is 11.0 Å². The fourth-order valence-electron chi connectivity index (χ4n) is 3.39. The predicted octanol–water partition coefficient (Wildman–Crippen LogP) is 2.55. The number of nitrogens with zero attached hydrogens (tertiary/aromatic N) is 3. The molecule has 0 bridgehead atoms. The van der Waals surface area contributed by atoms with Gasteiger partial charge in [-0.1, -0.05) is 11.6 Å². The van der Waals surface area contributed by atoms with Gasteiger partial charge in [-0.15, -0.1) is 0 Å². The molecule has 30 heavy (non-hydrogen) atoms. The molecule has 0 spiro atoms. The Morgan fingerprint density at radius 1 is 1.17 bits per heavy atom. The molecule has 2 aliphatic rings. The van der Waals surface area contributed by atoms with Crippen molar-refractivity contribution in [1.82, 2.24) is 9.31 Å². The summed E-state index contributed by atoms with van der Waals surface area (Å²) in [6.07, 6.45) is -7.94. The van der Waals surface area contributed by atoms with Crippen LogP contribution in [0.4, 0.5) is 17.6 Å². The van der Waals surface area contributed by atoms with Crippen LogP contribution in [0.3, 0.4) is 0 Å². The summed E-state index contributed by atoms with van der Waals surface area (Å²) in [4.78, 5) is 12.7. The van der Waals surface area contributed by atoms with Gasteiger partial charge in [0.25, 0.3) is 12.9 Å². The Kier molecular flexibility index (Phi) is 6.42. The molecule has 1 saturated heterocycles. The van der Waals surface area contributed by atoms with E-state index in [9.17, 15) is 35.9 Å². The smallest absolute Gasteiger partial charge is 0.287 e. The summed E-state index contributed by atoms with van der Waals surface area (Å²) in [5.41, 5.74) is -4.15. The first-order chi connectivity index (χ1) is 14.0. The first-order valence-electron chi connectivity index (χ1n) is 8.92. The number of amides is 1. The summed E-state index contributed by atoms with van der Waals surface area (Å²) >= 11 is 5.76. The molecule has 2 heterocycles. The van der Waals surface area contributed by atoms with E-state index < -0.39 is 52.6 Å². The number of rotatable bonds is 5. The van der Waals surface area contributed by atoms with Gasteiger partial charge in [0, 0.05) is 30.5 Å². The first-order valence-corrected chi connectivity index (χ1v) is 10.7. The lowest BCUT2D eigenvalue weighted by atomic mass is 9.96. The maximum atomic E-state index is 13.3. The minimum Gasteiger partial charge on any atom is -0.364 e. The van der Waals surface area contributed by atoms with Crippen LogP contribution in [0.5, 0.6) is 0 Å². The van der Waals surface area contributed by atoms with Crippen LogP contribution >= 0.6 is 11.6 Å². The van der Waals surface area contributed by atoms with Gasteiger partial charge in [0.15, 0.2) is 0 Å². The molecule has 1 N–H and O–H groups in total. The van der Waals surface area contributed by atoms with Crippen LogP contribution in [-0.2, 0) is 14.8 Å². The molecule has 0 aromatic heterocycles. The lowest BCUT2D eigenvalue weighted by Gasteiger charge is -2.35. The van der Waals surface area contributed by atoms with Crippen molar-refractivity contribution in [2.45, 2.75) is 42.7 Å². The molecule has 13 heteroatoms. The zero-order valence-corrected chi connectivity index (χ0v) is 17.0. The average Bonchev–Trinajstić information content (AvgIpc) is 3.07. The van der Waals surface area contributed by atoms with E-state index in [4.69, 9.17) is 11.6 Å². The van der Waals surface area contributed by atoms with E-state index in [2.05, 4.69) is 5.10 Å². The molecule has 0 aliphatic carbocycles. The second-order valence-corrected chi connectivity index (χ2v) is 9.40. The van der Waals surface area contributed by atoms with Crippen LogP contribution in [-0.4, -0.2) is 66.1 Å². The van der Waals surface area contributed by atoms with Crippen LogP contribution in [0.1, 0.15) is 19.3 Å². The summed E-state index contributed by atoms with van der Waals surface area (Å²) < 4.78 is 78.9. The standard InChI is InChI=1S/C17H18ClF4N3O4S/c18-11-1-3-12(4-2-11)30(28,29)24-7-5-10(6-8-24)15(26)25-17(27,16(21)22)9-13(23-25)14(19)20/h1-4,10,14,16,27H,5-9H2/t17-/m1/s1. The quantitative estimate of drug-likeness (QED) is 0.668. The summed E-state index contributed by atoms with van der Waals surface area (Å²) in [6, 6.07) is 5.51. The minimum atomic E-state index is -3.85. The molecule has 1 aromatic carbocycles. The highest BCUT2D eigenvalue weighted by Crippen LogP contribution is 2.36. The van der Waals surface area contributed by atoms with E-state index in [1.165, 1.54) is 24.3 Å². The monoisotopic (exact) mass is 471 g/mol. The lowest BCUT2D eigenvalue weighted by molar-refractivity contribution is -0.195. The van der Waals surface area contributed by atoms with Crippen LogP contribution in [0.25, 0.3) is 0 Å². The summed E-state index contributed by atoms with van der Waals surface area (Å²) in [6.45, 7) is -0.179. The van der Waals surface area contributed by atoms with E-state index in [-0.39, 0.29) is 35.8 Å². The summed E-state index contributed by atoms with van der Waals surface area (Å²) in [7, 11) is -3.85. The van der Waals surface area contributed by atoms with E-state index in [1.807, 2.05) is 0 Å². The maximum absolute atomic E-state index is 13.3. The molecular weight excluding hydrogens is 454 g/mol. The van der Waals surface area contributed by atoms with Gasteiger partial charge < -0.3 is 5.11 Å². The molecule has 2 aliphatic heterocycles. The Hall–Kier alpha value is -1.76. The van der Waals surface area contributed by atoms with E-state index >= 15 is 0 Å². The van der Waals surface area contributed by atoms with Gasteiger partial charge in [0.1, 0.15) is 5.71 Å². The fraction of sp³-hybridized carbons (Fsp3) is 0.529. The molecule has 166 valence electrons. The minimum absolute atomic E-state index is 0.00877.